The SMILES string of the molecule is CCc1cccc(SC(F)(F)F)c1S(=O)(=O)OCO[PH2]=O. The first-order valence-corrected chi connectivity index (χ1v) is 8.70. The van der Waals surface area contributed by atoms with E-state index < -0.39 is 52.7 Å². The van der Waals surface area contributed by atoms with Gasteiger partial charge in [-0.3, -0.25) is 4.57 Å². The predicted octanol–water partition coefficient (Wildman–Crippen LogP) is 3.21. The summed E-state index contributed by atoms with van der Waals surface area (Å²) >= 11 is -0.534. The van der Waals surface area contributed by atoms with E-state index in [1.165, 1.54) is 12.1 Å². The van der Waals surface area contributed by atoms with Gasteiger partial charge in [0.2, 0.25) is 0 Å². The molecule has 0 amide bonds. The summed E-state index contributed by atoms with van der Waals surface area (Å²) in [6.07, 6.45) is 0.206. The Morgan fingerprint density at radius 2 is 2.00 bits per heavy atom. The zero-order chi connectivity index (χ0) is 16.1. The fourth-order valence-electron chi connectivity index (χ4n) is 1.51. The fraction of sp³-hybridized carbons (Fsp3) is 0.400. The number of thioether (sulfide) groups is 1. The molecule has 1 aromatic rings. The van der Waals surface area contributed by atoms with Crippen molar-refractivity contribution >= 4 is 30.6 Å². The van der Waals surface area contributed by atoms with Gasteiger partial charge < -0.3 is 4.52 Å². The molecule has 0 heterocycles. The average molecular weight is 364 g/mol. The van der Waals surface area contributed by atoms with Crippen LogP contribution in [0.15, 0.2) is 28.0 Å². The van der Waals surface area contributed by atoms with Crippen LogP contribution in [0.25, 0.3) is 0 Å². The van der Waals surface area contributed by atoms with E-state index in [0.29, 0.717) is 0 Å². The van der Waals surface area contributed by atoms with Gasteiger partial charge in [0.25, 0.3) is 0 Å². The predicted molar refractivity (Wildman–Crippen MR) is 72.4 cm³/mol. The third kappa shape index (κ3) is 5.63. The maximum Gasteiger partial charge on any atom is 0.446 e. The van der Waals surface area contributed by atoms with Crippen LogP contribution in [0.3, 0.4) is 0 Å². The fourth-order valence-corrected chi connectivity index (χ4v) is 3.93. The molecule has 1 aromatic carbocycles. The van der Waals surface area contributed by atoms with Crippen LogP contribution in [-0.4, -0.2) is 20.7 Å². The minimum absolute atomic E-state index is 0.193. The minimum Gasteiger partial charge on any atom is -0.304 e. The Labute approximate surface area is 125 Å². The van der Waals surface area contributed by atoms with E-state index in [0.717, 1.165) is 6.07 Å². The van der Waals surface area contributed by atoms with Crippen LogP contribution >= 0.6 is 20.4 Å². The lowest BCUT2D eigenvalue weighted by molar-refractivity contribution is -0.0329. The van der Waals surface area contributed by atoms with Crippen molar-refractivity contribution in [2.24, 2.45) is 0 Å². The highest BCUT2D eigenvalue weighted by Crippen LogP contribution is 2.41. The molecule has 1 unspecified atom stereocenters. The average Bonchev–Trinajstić information content (AvgIpc) is 2.36. The van der Waals surface area contributed by atoms with Crippen LogP contribution in [0.1, 0.15) is 12.5 Å². The van der Waals surface area contributed by atoms with Gasteiger partial charge in [-0.2, -0.15) is 21.6 Å². The number of halogens is 3. The van der Waals surface area contributed by atoms with Crippen LogP contribution in [0.5, 0.6) is 0 Å². The minimum atomic E-state index is -4.63. The van der Waals surface area contributed by atoms with Gasteiger partial charge in [0.05, 0.1) is 0 Å². The van der Waals surface area contributed by atoms with Gasteiger partial charge in [-0.15, -0.1) is 0 Å². The standard InChI is InChI=1S/C10H12F3O5PS2/c1-2-7-4-3-5-8(20-10(11,12)13)9(7)21(15,16)18-6-17-19-14/h3-5H,2,6,19H2,1H3. The summed E-state index contributed by atoms with van der Waals surface area (Å²) in [6.45, 7) is 0.796. The van der Waals surface area contributed by atoms with Gasteiger partial charge in [-0.05, 0) is 29.8 Å². The number of rotatable bonds is 7. The van der Waals surface area contributed by atoms with Crippen molar-refractivity contribution < 1.29 is 34.9 Å². The Bertz CT molecular complexity index is 603. The van der Waals surface area contributed by atoms with Gasteiger partial charge in [0.1, 0.15) is 4.90 Å². The summed E-state index contributed by atoms with van der Waals surface area (Å²) in [6, 6.07) is 3.79. The lowest BCUT2D eigenvalue weighted by Crippen LogP contribution is -2.13. The molecule has 0 aliphatic heterocycles. The van der Waals surface area contributed by atoms with E-state index in [4.69, 9.17) is 0 Å². The molecule has 0 saturated carbocycles. The van der Waals surface area contributed by atoms with Gasteiger partial charge >= 0.3 is 15.6 Å². The number of alkyl halides is 3. The topological polar surface area (TPSA) is 69.7 Å². The summed E-state index contributed by atoms with van der Waals surface area (Å²) < 4.78 is 80.5. The lowest BCUT2D eigenvalue weighted by atomic mass is 10.2. The van der Waals surface area contributed by atoms with Crippen molar-refractivity contribution in [2.45, 2.75) is 28.6 Å². The molecule has 120 valence electrons. The highest BCUT2D eigenvalue weighted by atomic mass is 32.2. The molecule has 0 bridgehead atoms. The second-order valence-electron chi connectivity index (χ2n) is 3.60. The van der Waals surface area contributed by atoms with E-state index in [2.05, 4.69) is 8.71 Å². The van der Waals surface area contributed by atoms with Crippen LogP contribution in [0.2, 0.25) is 0 Å². The Kier molecular flexibility index (Phi) is 6.73. The Morgan fingerprint density at radius 3 is 2.52 bits per heavy atom. The first-order chi connectivity index (χ1) is 9.71. The van der Waals surface area contributed by atoms with E-state index >= 15 is 0 Å². The lowest BCUT2D eigenvalue weighted by Gasteiger charge is -2.14. The summed E-state index contributed by atoms with van der Waals surface area (Å²) in [5, 5.41) is 0. The Morgan fingerprint density at radius 1 is 1.33 bits per heavy atom. The molecule has 0 N–H and O–H groups in total. The number of hydrogen-bond donors (Lipinski definition) is 0. The van der Waals surface area contributed by atoms with Gasteiger partial charge in [-0.25, -0.2) is 4.18 Å². The first-order valence-electron chi connectivity index (χ1n) is 5.53. The third-order valence-corrected chi connectivity index (χ3v) is 4.84. The monoisotopic (exact) mass is 364 g/mol. The second-order valence-corrected chi connectivity index (χ2v) is 6.78. The van der Waals surface area contributed by atoms with Crippen molar-refractivity contribution in [3.05, 3.63) is 23.8 Å². The molecular formula is C10H12F3O5PS2. The third-order valence-electron chi connectivity index (χ3n) is 2.26. The molecule has 1 rings (SSSR count). The zero-order valence-electron chi connectivity index (χ0n) is 10.7. The van der Waals surface area contributed by atoms with Crippen molar-refractivity contribution in [2.75, 3.05) is 6.79 Å². The number of aryl methyl sites for hydroxylation is 1. The van der Waals surface area contributed by atoms with Crippen LogP contribution in [0, 0.1) is 0 Å². The molecule has 0 aliphatic carbocycles. The summed E-state index contributed by atoms with van der Waals surface area (Å²) in [4.78, 5) is -1.02. The molecule has 1 atom stereocenters. The number of hydrogen-bond acceptors (Lipinski definition) is 6. The largest absolute Gasteiger partial charge is 0.446 e. The number of benzene rings is 1. The zero-order valence-corrected chi connectivity index (χ0v) is 13.5. The molecule has 0 fully saturated rings. The van der Waals surface area contributed by atoms with E-state index in [1.807, 2.05) is 0 Å². The highest BCUT2D eigenvalue weighted by Gasteiger charge is 2.34. The molecule has 21 heavy (non-hydrogen) atoms. The van der Waals surface area contributed by atoms with Crippen LogP contribution in [0.4, 0.5) is 13.2 Å². The molecule has 5 nitrogen and oxygen atoms in total. The van der Waals surface area contributed by atoms with Crippen LogP contribution in [-0.2, 0) is 29.8 Å². The van der Waals surface area contributed by atoms with Gasteiger partial charge in [0, 0.05) is 4.90 Å². The highest BCUT2D eigenvalue weighted by molar-refractivity contribution is 8.00. The maximum absolute atomic E-state index is 12.5. The molecule has 0 aliphatic rings. The van der Waals surface area contributed by atoms with E-state index in [-0.39, 0.29) is 12.0 Å². The van der Waals surface area contributed by atoms with Gasteiger partial charge in [0.15, 0.2) is 15.5 Å². The second kappa shape index (κ2) is 7.64. The molecule has 0 spiro atoms. The van der Waals surface area contributed by atoms with Crippen molar-refractivity contribution in [3.63, 3.8) is 0 Å². The van der Waals surface area contributed by atoms with E-state index in [1.54, 1.807) is 6.92 Å². The summed E-state index contributed by atoms with van der Waals surface area (Å²) in [7, 11) is -6.12. The quantitative estimate of drug-likeness (QED) is 0.243. The molecule has 0 aromatic heterocycles. The normalized spacial score (nSPS) is 13.1. The van der Waals surface area contributed by atoms with Crippen LogP contribution < -0.4 is 0 Å². The van der Waals surface area contributed by atoms with Crippen molar-refractivity contribution in [3.8, 4) is 0 Å². The molecular weight excluding hydrogens is 352 g/mol. The Hall–Kier alpha value is -0.540. The first kappa shape index (κ1) is 18.5. The van der Waals surface area contributed by atoms with E-state index in [9.17, 15) is 26.2 Å². The van der Waals surface area contributed by atoms with Crippen molar-refractivity contribution in [1.29, 1.82) is 0 Å². The molecule has 11 heteroatoms. The van der Waals surface area contributed by atoms with Gasteiger partial charge in [-0.1, -0.05) is 19.1 Å². The Balaban J connectivity index is 3.27. The maximum atomic E-state index is 12.5. The van der Waals surface area contributed by atoms with Crippen molar-refractivity contribution in [1.82, 2.24) is 0 Å². The smallest absolute Gasteiger partial charge is 0.304 e. The molecule has 0 radical (unpaired) electrons. The summed E-state index contributed by atoms with van der Waals surface area (Å²) in [5.74, 6) is 0. The summed E-state index contributed by atoms with van der Waals surface area (Å²) in [5.41, 5.74) is -4.44. The molecule has 0 saturated heterocycles.